The number of likely N-dealkylation sites (tertiary alicyclic amines) is 1. The number of hydrogen-bond acceptors (Lipinski definition) is 2. The molecule has 0 spiro atoms. The van der Waals surface area contributed by atoms with Crippen LogP contribution in [0.15, 0.2) is 30.3 Å². The standard InChI is InChI=1S/C19H27NO/c1-3-16-10-12-19(20(2)15-16)13-11-18-8-5-4-7-17(18)9-6-14-21/h4-9,14,16,19H,3,10-13,15H2,1-2H3. The molecule has 0 radical (unpaired) electrons. The summed E-state index contributed by atoms with van der Waals surface area (Å²) in [5, 5.41) is 0. The zero-order valence-corrected chi connectivity index (χ0v) is 13.3. The maximum absolute atomic E-state index is 10.5. The van der Waals surface area contributed by atoms with Gasteiger partial charge >= 0.3 is 0 Å². The molecule has 2 heteroatoms. The molecule has 0 N–H and O–H groups in total. The van der Waals surface area contributed by atoms with Crippen molar-refractivity contribution in [2.24, 2.45) is 5.92 Å². The number of nitrogens with zero attached hydrogens (tertiary/aromatic N) is 1. The minimum Gasteiger partial charge on any atom is -0.303 e. The van der Waals surface area contributed by atoms with Crippen LogP contribution in [0.4, 0.5) is 0 Å². The van der Waals surface area contributed by atoms with E-state index in [0.29, 0.717) is 6.04 Å². The first-order chi connectivity index (χ1) is 10.2. The van der Waals surface area contributed by atoms with Crippen molar-refractivity contribution in [1.29, 1.82) is 0 Å². The molecule has 1 saturated heterocycles. The van der Waals surface area contributed by atoms with Gasteiger partial charge in [0.15, 0.2) is 0 Å². The van der Waals surface area contributed by atoms with Gasteiger partial charge in [-0.2, -0.15) is 0 Å². The Morgan fingerprint density at radius 2 is 2.10 bits per heavy atom. The fourth-order valence-electron chi connectivity index (χ4n) is 3.38. The molecule has 1 aliphatic heterocycles. The molecular weight excluding hydrogens is 258 g/mol. The zero-order valence-electron chi connectivity index (χ0n) is 13.3. The molecular formula is C19H27NO. The van der Waals surface area contributed by atoms with Crippen LogP contribution in [0.5, 0.6) is 0 Å². The Kier molecular flexibility index (Phi) is 6.19. The van der Waals surface area contributed by atoms with Gasteiger partial charge in [0.1, 0.15) is 6.29 Å². The molecule has 0 aromatic heterocycles. The first-order valence-electron chi connectivity index (χ1n) is 8.14. The molecule has 1 aliphatic rings. The predicted octanol–water partition coefficient (Wildman–Crippen LogP) is 3.95. The monoisotopic (exact) mass is 285 g/mol. The van der Waals surface area contributed by atoms with E-state index in [1.807, 2.05) is 12.1 Å². The molecule has 0 aliphatic carbocycles. The molecule has 2 rings (SSSR count). The SMILES string of the molecule is CCC1CCC(CCc2ccccc2C=CC=O)N(C)C1. The lowest BCUT2D eigenvalue weighted by molar-refractivity contribution is -0.104. The Balaban J connectivity index is 1.94. The van der Waals surface area contributed by atoms with E-state index in [9.17, 15) is 4.79 Å². The molecule has 0 saturated carbocycles. The Bertz CT molecular complexity index is 480. The highest BCUT2D eigenvalue weighted by molar-refractivity contribution is 5.74. The Hall–Kier alpha value is -1.41. The van der Waals surface area contributed by atoms with Gasteiger partial charge in [0, 0.05) is 12.6 Å². The first kappa shape index (κ1) is 16.0. The van der Waals surface area contributed by atoms with Gasteiger partial charge in [-0.1, -0.05) is 43.7 Å². The van der Waals surface area contributed by atoms with Crippen molar-refractivity contribution >= 4 is 12.4 Å². The second-order valence-electron chi connectivity index (χ2n) is 6.18. The number of carbonyl (C=O) groups is 1. The lowest BCUT2D eigenvalue weighted by atomic mass is 9.88. The Morgan fingerprint density at radius 3 is 2.81 bits per heavy atom. The fraction of sp³-hybridized carbons (Fsp3) is 0.526. The smallest absolute Gasteiger partial charge is 0.142 e. The van der Waals surface area contributed by atoms with Crippen LogP contribution in [0.1, 0.15) is 43.7 Å². The van der Waals surface area contributed by atoms with E-state index in [-0.39, 0.29) is 0 Å². The van der Waals surface area contributed by atoms with Gasteiger partial charge in [0.25, 0.3) is 0 Å². The average molecular weight is 285 g/mol. The van der Waals surface area contributed by atoms with Crippen LogP contribution in [-0.4, -0.2) is 30.8 Å². The summed E-state index contributed by atoms with van der Waals surface area (Å²) in [6, 6.07) is 9.10. The molecule has 1 heterocycles. The molecule has 2 nitrogen and oxygen atoms in total. The van der Waals surface area contributed by atoms with Crippen LogP contribution in [0.2, 0.25) is 0 Å². The highest BCUT2D eigenvalue weighted by atomic mass is 16.1. The number of aldehydes is 1. The molecule has 1 aromatic carbocycles. The average Bonchev–Trinajstić information content (AvgIpc) is 2.52. The van der Waals surface area contributed by atoms with Crippen molar-refractivity contribution in [2.45, 2.75) is 45.1 Å². The molecule has 0 bridgehead atoms. The van der Waals surface area contributed by atoms with Crippen molar-refractivity contribution in [3.05, 3.63) is 41.5 Å². The summed E-state index contributed by atoms with van der Waals surface area (Å²) in [6.07, 6.45) is 10.6. The zero-order chi connectivity index (χ0) is 15.1. The molecule has 21 heavy (non-hydrogen) atoms. The minimum absolute atomic E-state index is 0.705. The molecule has 1 fully saturated rings. The number of piperidine rings is 1. The molecule has 0 amide bonds. The van der Waals surface area contributed by atoms with Crippen LogP contribution >= 0.6 is 0 Å². The summed E-state index contributed by atoms with van der Waals surface area (Å²) in [7, 11) is 2.27. The van der Waals surface area contributed by atoms with Gasteiger partial charge < -0.3 is 4.90 Å². The van der Waals surface area contributed by atoms with E-state index in [2.05, 4.69) is 37.1 Å². The largest absolute Gasteiger partial charge is 0.303 e. The van der Waals surface area contributed by atoms with Gasteiger partial charge in [0.05, 0.1) is 0 Å². The summed E-state index contributed by atoms with van der Waals surface area (Å²) in [5.41, 5.74) is 2.52. The maximum atomic E-state index is 10.5. The fourth-order valence-corrected chi connectivity index (χ4v) is 3.38. The number of benzene rings is 1. The summed E-state index contributed by atoms with van der Waals surface area (Å²) < 4.78 is 0. The van der Waals surface area contributed by atoms with Gasteiger partial charge in [-0.25, -0.2) is 0 Å². The van der Waals surface area contributed by atoms with Crippen molar-refractivity contribution in [3.63, 3.8) is 0 Å². The molecule has 2 atom stereocenters. The van der Waals surface area contributed by atoms with Crippen molar-refractivity contribution in [2.75, 3.05) is 13.6 Å². The quantitative estimate of drug-likeness (QED) is 0.582. The van der Waals surface area contributed by atoms with Gasteiger partial charge in [-0.15, -0.1) is 0 Å². The molecule has 2 unspecified atom stereocenters. The van der Waals surface area contributed by atoms with Gasteiger partial charge in [-0.05, 0) is 55.9 Å². The summed E-state index contributed by atoms with van der Waals surface area (Å²) in [4.78, 5) is 13.0. The first-order valence-corrected chi connectivity index (χ1v) is 8.14. The number of aryl methyl sites for hydroxylation is 1. The van der Waals surface area contributed by atoms with Crippen molar-refractivity contribution in [3.8, 4) is 0 Å². The maximum Gasteiger partial charge on any atom is 0.142 e. The summed E-state index contributed by atoms with van der Waals surface area (Å²) in [5.74, 6) is 0.883. The number of rotatable bonds is 6. The van der Waals surface area contributed by atoms with E-state index in [0.717, 1.165) is 18.6 Å². The second kappa shape index (κ2) is 8.14. The summed E-state index contributed by atoms with van der Waals surface area (Å²) in [6.45, 7) is 3.54. The Labute approximate surface area is 128 Å². The lowest BCUT2D eigenvalue weighted by Crippen LogP contribution is -2.40. The third-order valence-electron chi connectivity index (χ3n) is 4.81. The highest BCUT2D eigenvalue weighted by Gasteiger charge is 2.24. The van der Waals surface area contributed by atoms with E-state index in [1.54, 1.807) is 6.08 Å². The van der Waals surface area contributed by atoms with Gasteiger partial charge in [-0.3, -0.25) is 4.79 Å². The second-order valence-corrected chi connectivity index (χ2v) is 6.18. The lowest BCUT2D eigenvalue weighted by Gasteiger charge is -2.37. The van der Waals surface area contributed by atoms with Crippen molar-refractivity contribution < 1.29 is 4.79 Å². The van der Waals surface area contributed by atoms with E-state index in [4.69, 9.17) is 0 Å². The highest BCUT2D eigenvalue weighted by Crippen LogP contribution is 2.26. The van der Waals surface area contributed by atoms with Crippen LogP contribution in [-0.2, 0) is 11.2 Å². The number of carbonyl (C=O) groups excluding carboxylic acids is 1. The predicted molar refractivity (Wildman–Crippen MR) is 89.3 cm³/mol. The van der Waals surface area contributed by atoms with E-state index < -0.39 is 0 Å². The van der Waals surface area contributed by atoms with Crippen LogP contribution in [0.25, 0.3) is 6.08 Å². The van der Waals surface area contributed by atoms with Crippen molar-refractivity contribution in [1.82, 2.24) is 4.90 Å². The topological polar surface area (TPSA) is 20.3 Å². The van der Waals surface area contributed by atoms with Crippen LogP contribution < -0.4 is 0 Å². The van der Waals surface area contributed by atoms with E-state index >= 15 is 0 Å². The third kappa shape index (κ3) is 4.53. The normalized spacial score (nSPS) is 23.5. The van der Waals surface area contributed by atoms with Gasteiger partial charge in [0.2, 0.25) is 0 Å². The minimum atomic E-state index is 0.705. The molecule has 114 valence electrons. The summed E-state index contributed by atoms with van der Waals surface area (Å²) >= 11 is 0. The third-order valence-corrected chi connectivity index (χ3v) is 4.81. The Morgan fingerprint density at radius 1 is 1.29 bits per heavy atom. The van der Waals surface area contributed by atoms with Crippen LogP contribution in [0, 0.1) is 5.92 Å². The number of hydrogen-bond donors (Lipinski definition) is 0. The number of allylic oxidation sites excluding steroid dienone is 1. The van der Waals surface area contributed by atoms with E-state index in [1.165, 1.54) is 43.4 Å². The molecule has 1 aromatic rings. The van der Waals surface area contributed by atoms with Crippen LogP contribution in [0.3, 0.4) is 0 Å².